The summed E-state index contributed by atoms with van der Waals surface area (Å²) in [6.07, 6.45) is 18.2. The average molecular weight is 721 g/mol. The van der Waals surface area contributed by atoms with E-state index in [9.17, 15) is 0 Å². The van der Waals surface area contributed by atoms with Crippen LogP contribution in [0.1, 0.15) is 12.5 Å². The predicted molar refractivity (Wildman–Crippen MR) is 177 cm³/mol. The van der Waals surface area contributed by atoms with Crippen LogP contribution >= 0.6 is 17.5 Å². The standard InChI is InChI=1S/C18H15P.C14H14N.C5H5.ClH.Fe.Pd/c1-4-10-16(11-5-1)19(17-12-6-2-7-13-17)18-14-8-3-9-15-18;1-11-7-9-14(10-8-11)15-12(2)13-5-3-4-6-13;1-2-4-5-3-1;;;/h1-15H;3-10H,1-2H3;1-5H;1H;;/q;-1;;;2*+2/p-1. The summed E-state index contributed by atoms with van der Waals surface area (Å²) < 4.78 is 0. The molecule has 1 nitrogen and oxygen atoms in total. The van der Waals surface area contributed by atoms with E-state index in [1.165, 1.54) is 27.4 Å². The maximum absolute atomic E-state index is 4.56. The van der Waals surface area contributed by atoms with Gasteiger partial charge in [-0.2, -0.15) is 6.42 Å². The van der Waals surface area contributed by atoms with Crippen molar-refractivity contribution in [1.82, 2.24) is 0 Å². The zero-order chi connectivity index (χ0) is 29.1. The Morgan fingerprint density at radius 1 is 0.619 bits per heavy atom. The maximum Gasteiger partial charge on any atom is 2.00 e. The van der Waals surface area contributed by atoms with Gasteiger partial charge in [-0.1, -0.05) is 122 Å². The third-order valence-corrected chi connectivity index (χ3v) is 8.45. The molecule has 0 saturated heterocycles. The topological polar surface area (TPSA) is 12.4 Å². The number of aryl methyl sites for hydroxylation is 1. The zero-order valence-corrected chi connectivity index (χ0v) is 27.9. The van der Waals surface area contributed by atoms with E-state index in [1.54, 1.807) is 0 Å². The molecule has 6 rings (SSSR count). The molecule has 0 heterocycles. The molecule has 2 fully saturated rings. The van der Waals surface area contributed by atoms with E-state index in [4.69, 9.17) is 0 Å². The van der Waals surface area contributed by atoms with Gasteiger partial charge in [-0.05, 0) is 87.6 Å². The molecular weight excluding hydrogens is 687 g/mol. The second kappa shape index (κ2) is 22.0. The number of benzene rings is 4. The Kier molecular flexibility index (Phi) is 19.2. The molecule has 0 N–H and O–H groups in total. The number of rotatable bonds is 5. The van der Waals surface area contributed by atoms with Crippen molar-refractivity contribution in [3.8, 4) is 0 Å². The Bertz CT molecular complexity index is 1140. The van der Waals surface area contributed by atoms with Crippen LogP contribution in [0.2, 0.25) is 0 Å². The summed E-state index contributed by atoms with van der Waals surface area (Å²) in [4.78, 5) is 4.56. The summed E-state index contributed by atoms with van der Waals surface area (Å²) in [6, 6.07) is 40.6. The van der Waals surface area contributed by atoms with Crippen molar-refractivity contribution in [2.75, 3.05) is 0 Å². The molecule has 4 aromatic carbocycles. The van der Waals surface area contributed by atoms with Gasteiger partial charge in [0.05, 0.1) is 5.69 Å². The van der Waals surface area contributed by atoms with Gasteiger partial charge < -0.3 is 6.42 Å². The van der Waals surface area contributed by atoms with Crippen LogP contribution in [0.25, 0.3) is 0 Å². The van der Waals surface area contributed by atoms with E-state index >= 15 is 0 Å². The minimum atomic E-state index is -0.446. The van der Waals surface area contributed by atoms with Gasteiger partial charge >= 0.3 is 44.8 Å². The van der Waals surface area contributed by atoms with Gasteiger partial charge in [-0.3, -0.25) is 4.99 Å². The first-order chi connectivity index (χ1) is 20.2. The average Bonchev–Trinajstić information content (AvgIpc) is 3.80. The van der Waals surface area contributed by atoms with Crippen molar-refractivity contribution < 1.29 is 35.2 Å². The Morgan fingerprint density at radius 2 is 1.02 bits per heavy atom. The summed E-state index contributed by atoms with van der Waals surface area (Å²) in [5, 5.41) is 4.19. The summed E-state index contributed by atoms with van der Waals surface area (Å²) in [5.74, 6) is 1.19. The smallest absolute Gasteiger partial charge is 0.0622 e. The Morgan fingerprint density at radius 3 is 1.38 bits per heavy atom. The van der Waals surface area contributed by atoms with Gasteiger partial charge in [0.15, 0.2) is 0 Å². The first-order valence-corrected chi connectivity index (χ1v) is 16.6. The molecular formula is C37H34ClFeNPPd+2. The fraction of sp³-hybridized carbons (Fsp3) is 0.0541. The molecule has 0 aromatic heterocycles. The third kappa shape index (κ3) is 13.0. The van der Waals surface area contributed by atoms with Gasteiger partial charge in [-0.25, -0.2) is 0 Å². The summed E-state index contributed by atoms with van der Waals surface area (Å²) in [6.45, 7) is 4.12. The number of hydrogen-bond donors (Lipinski definition) is 0. The summed E-state index contributed by atoms with van der Waals surface area (Å²) >= 11 is 2.22. The van der Waals surface area contributed by atoms with Crippen molar-refractivity contribution >= 4 is 44.8 Å². The van der Waals surface area contributed by atoms with Crippen molar-refractivity contribution in [2.24, 2.45) is 4.99 Å². The molecule has 0 spiro atoms. The van der Waals surface area contributed by atoms with Gasteiger partial charge in [0, 0.05) is 0 Å². The van der Waals surface area contributed by atoms with Crippen LogP contribution in [-0.2, 0) is 35.2 Å². The van der Waals surface area contributed by atoms with E-state index in [1.807, 2.05) is 64.0 Å². The monoisotopic (exact) mass is 720 g/mol. The van der Waals surface area contributed by atoms with Gasteiger partial charge in [-0.15, -0.1) is 5.92 Å². The largest absolute Gasteiger partial charge is 2.00 e. The van der Waals surface area contributed by atoms with E-state index in [0.29, 0.717) is 0 Å². The summed E-state index contributed by atoms with van der Waals surface area (Å²) in [7, 11) is 4.04. The molecule has 9 radical (unpaired) electrons. The fourth-order valence-corrected chi connectivity index (χ4v) is 6.30. The minimum Gasteiger partial charge on any atom is -0.0622 e. The second-order valence-corrected chi connectivity index (χ2v) is 11.2. The van der Waals surface area contributed by atoms with E-state index < -0.39 is 7.92 Å². The quantitative estimate of drug-likeness (QED) is 0.0848. The van der Waals surface area contributed by atoms with Crippen molar-refractivity contribution in [3.63, 3.8) is 0 Å². The van der Waals surface area contributed by atoms with Gasteiger partial charge in [0.2, 0.25) is 0 Å². The van der Waals surface area contributed by atoms with Gasteiger partial charge in [0.1, 0.15) is 0 Å². The van der Waals surface area contributed by atoms with Crippen molar-refractivity contribution in [2.45, 2.75) is 13.8 Å². The molecule has 2 saturated carbocycles. The van der Waals surface area contributed by atoms with Crippen LogP contribution in [0.5, 0.6) is 0 Å². The van der Waals surface area contributed by atoms with Crippen LogP contribution in [0, 0.1) is 70.6 Å². The minimum absolute atomic E-state index is 0. The molecule has 4 aromatic rings. The van der Waals surface area contributed by atoms with Crippen molar-refractivity contribution in [1.29, 1.82) is 0 Å². The third-order valence-electron chi connectivity index (χ3n) is 6.01. The van der Waals surface area contributed by atoms with E-state index in [-0.39, 0.29) is 17.1 Å². The molecule has 2 aliphatic carbocycles. The Balaban J connectivity index is 0.000000239. The first-order valence-electron chi connectivity index (χ1n) is 13.3. The Labute approximate surface area is 281 Å². The number of aliphatic imine (C=N–C) groups is 1. The first kappa shape index (κ1) is 36.6. The fourth-order valence-electron chi connectivity index (χ4n) is 3.99. The Hall–Kier alpha value is -1.55. The maximum atomic E-state index is 4.56. The van der Waals surface area contributed by atoms with E-state index in [2.05, 4.69) is 156 Å². The predicted octanol–water partition coefficient (Wildman–Crippen LogP) is 8.64. The molecule has 42 heavy (non-hydrogen) atoms. The van der Waals surface area contributed by atoms with Crippen LogP contribution in [0.3, 0.4) is 0 Å². The van der Waals surface area contributed by atoms with Crippen LogP contribution in [0.4, 0.5) is 5.69 Å². The number of nitrogens with zero attached hydrogens (tertiary/aromatic N) is 1. The molecule has 0 atom stereocenters. The molecule has 0 unspecified atom stereocenters. The molecule has 0 amide bonds. The SMILES string of the molecule is CC(=Nc1ccc(C)cc1)[C]1[CH][CH][CH][CH-]1.[CH]1[CH][CH][CH][CH]1.[Cl][Pd+].[Fe+2].c1ccc(P(c2ccccc2)c2ccccc2)cc1. The molecule has 0 bridgehead atoms. The molecule has 215 valence electrons. The number of halogens is 1. The van der Waals surface area contributed by atoms with Gasteiger partial charge in [0.25, 0.3) is 0 Å². The van der Waals surface area contributed by atoms with Crippen LogP contribution in [0.15, 0.2) is 120 Å². The zero-order valence-electron chi connectivity index (χ0n) is 23.6. The normalized spacial score (nSPS) is 14.4. The van der Waals surface area contributed by atoms with Crippen LogP contribution < -0.4 is 15.9 Å². The molecule has 2 aliphatic rings. The molecule has 5 heteroatoms. The molecule has 0 aliphatic heterocycles. The van der Waals surface area contributed by atoms with E-state index in [0.717, 1.165) is 11.4 Å². The van der Waals surface area contributed by atoms with Crippen LogP contribution in [-0.4, -0.2) is 5.71 Å². The summed E-state index contributed by atoms with van der Waals surface area (Å²) in [5.41, 5.74) is 3.34. The second-order valence-electron chi connectivity index (χ2n) is 9.01. The number of hydrogen-bond acceptors (Lipinski definition) is 1. The van der Waals surface area contributed by atoms with Crippen molar-refractivity contribution in [3.05, 3.63) is 185 Å².